The van der Waals surface area contributed by atoms with Crippen LogP contribution >= 0.6 is 0 Å². The molecule has 1 rings (SSSR count). The van der Waals surface area contributed by atoms with E-state index >= 15 is 0 Å². The Morgan fingerprint density at radius 1 is 1.13 bits per heavy atom. The third-order valence-electron chi connectivity index (χ3n) is 2.97. The van der Waals surface area contributed by atoms with Gasteiger partial charge in [0.25, 0.3) is 0 Å². The monoisotopic (exact) mass is 210 g/mol. The normalized spacial score (nSPS) is 17.1. The van der Waals surface area contributed by atoms with Gasteiger partial charge >= 0.3 is 0 Å². The van der Waals surface area contributed by atoms with Gasteiger partial charge in [-0.1, -0.05) is 31.9 Å². The van der Waals surface area contributed by atoms with Gasteiger partial charge < -0.3 is 5.32 Å². The molecule has 1 N–H and O–H groups in total. The van der Waals surface area contributed by atoms with E-state index in [9.17, 15) is 0 Å². The molecule has 0 aromatic carbocycles. The highest BCUT2D eigenvalue weighted by molar-refractivity contribution is 4.90. The lowest BCUT2D eigenvalue weighted by molar-refractivity contribution is 0.290. The summed E-state index contributed by atoms with van der Waals surface area (Å²) in [5.41, 5.74) is 0. The number of rotatable bonds is 8. The molecule has 1 aliphatic heterocycles. The fourth-order valence-corrected chi connectivity index (χ4v) is 2.01. The van der Waals surface area contributed by atoms with Crippen LogP contribution in [0.15, 0.2) is 12.2 Å². The second kappa shape index (κ2) is 8.93. The van der Waals surface area contributed by atoms with E-state index < -0.39 is 0 Å². The van der Waals surface area contributed by atoms with Gasteiger partial charge in [-0.3, -0.25) is 4.90 Å². The number of hydrogen-bond donors (Lipinski definition) is 1. The zero-order valence-corrected chi connectivity index (χ0v) is 10.2. The predicted molar refractivity (Wildman–Crippen MR) is 67.2 cm³/mol. The quantitative estimate of drug-likeness (QED) is 0.489. The molecule has 0 fully saturated rings. The molecule has 1 heterocycles. The zero-order chi connectivity index (χ0) is 10.8. The van der Waals surface area contributed by atoms with E-state index in [1.807, 2.05) is 0 Å². The first-order valence-corrected chi connectivity index (χ1v) is 6.51. The summed E-state index contributed by atoms with van der Waals surface area (Å²) in [5, 5.41) is 3.37. The molecule has 0 saturated heterocycles. The molecule has 2 nitrogen and oxygen atoms in total. The van der Waals surface area contributed by atoms with Crippen molar-refractivity contribution in [2.45, 2.75) is 39.0 Å². The van der Waals surface area contributed by atoms with Gasteiger partial charge in [0.15, 0.2) is 0 Å². The van der Waals surface area contributed by atoms with Gasteiger partial charge in [0.05, 0.1) is 0 Å². The van der Waals surface area contributed by atoms with Crippen molar-refractivity contribution in [1.82, 2.24) is 10.2 Å². The van der Waals surface area contributed by atoms with Crippen molar-refractivity contribution in [2.24, 2.45) is 0 Å². The average Bonchev–Trinajstić information content (AvgIpc) is 2.29. The highest BCUT2D eigenvalue weighted by Gasteiger charge is 2.04. The molecule has 0 aromatic heterocycles. The Kier molecular flexibility index (Phi) is 7.58. The second-order valence-electron chi connectivity index (χ2n) is 4.33. The van der Waals surface area contributed by atoms with Crippen molar-refractivity contribution < 1.29 is 0 Å². The van der Waals surface area contributed by atoms with Crippen LogP contribution in [0.3, 0.4) is 0 Å². The van der Waals surface area contributed by atoms with E-state index in [0.717, 1.165) is 6.54 Å². The van der Waals surface area contributed by atoms with Crippen LogP contribution in [0.5, 0.6) is 0 Å². The van der Waals surface area contributed by atoms with E-state index in [4.69, 9.17) is 0 Å². The average molecular weight is 210 g/mol. The molecule has 15 heavy (non-hydrogen) atoms. The number of nitrogens with zero attached hydrogens (tertiary/aromatic N) is 1. The Hall–Kier alpha value is -0.340. The molecule has 0 saturated carbocycles. The molecule has 1 aliphatic rings. The van der Waals surface area contributed by atoms with E-state index in [2.05, 4.69) is 29.3 Å². The Balaban J connectivity index is 1.82. The maximum atomic E-state index is 3.37. The molecular weight excluding hydrogens is 184 g/mol. The summed E-state index contributed by atoms with van der Waals surface area (Å²) < 4.78 is 0. The molecule has 0 unspecified atom stereocenters. The van der Waals surface area contributed by atoms with Gasteiger partial charge in [-0.15, -0.1) is 0 Å². The lowest BCUT2D eigenvalue weighted by atomic mass is 10.1. The molecule has 0 radical (unpaired) electrons. The van der Waals surface area contributed by atoms with Gasteiger partial charge in [0.2, 0.25) is 0 Å². The van der Waals surface area contributed by atoms with E-state index in [0.29, 0.717) is 0 Å². The smallest absolute Gasteiger partial charge is 0.0163 e. The van der Waals surface area contributed by atoms with Crippen LogP contribution in [0.1, 0.15) is 39.0 Å². The summed E-state index contributed by atoms with van der Waals surface area (Å²) in [6, 6.07) is 0. The standard InChI is InChI=1S/C13H26N2/c1-2-14-10-6-3-4-7-11-15-12-8-5-9-13-15/h5,8,14H,2-4,6-7,9-13H2,1H3. The van der Waals surface area contributed by atoms with Gasteiger partial charge in [0, 0.05) is 13.1 Å². The first kappa shape index (κ1) is 12.7. The van der Waals surface area contributed by atoms with Crippen molar-refractivity contribution in [1.29, 1.82) is 0 Å². The maximum absolute atomic E-state index is 3.37. The number of hydrogen-bond acceptors (Lipinski definition) is 2. The summed E-state index contributed by atoms with van der Waals surface area (Å²) in [6.45, 7) is 8.23. The SMILES string of the molecule is CCNCCCCCCN1CC=CCC1. The third-order valence-corrected chi connectivity index (χ3v) is 2.97. The summed E-state index contributed by atoms with van der Waals surface area (Å²) in [4.78, 5) is 2.56. The Morgan fingerprint density at radius 3 is 2.73 bits per heavy atom. The molecule has 0 spiro atoms. The molecule has 0 atom stereocenters. The molecule has 2 heteroatoms. The highest BCUT2D eigenvalue weighted by Crippen LogP contribution is 2.05. The summed E-state index contributed by atoms with van der Waals surface area (Å²) >= 11 is 0. The van der Waals surface area contributed by atoms with Crippen LogP contribution in [-0.4, -0.2) is 37.6 Å². The minimum Gasteiger partial charge on any atom is -0.317 e. The van der Waals surface area contributed by atoms with Crippen LogP contribution in [0.2, 0.25) is 0 Å². The van der Waals surface area contributed by atoms with Crippen molar-refractivity contribution in [3.63, 3.8) is 0 Å². The fourth-order valence-electron chi connectivity index (χ4n) is 2.01. The molecule has 0 aliphatic carbocycles. The molecular formula is C13H26N2. The van der Waals surface area contributed by atoms with Gasteiger partial charge in [-0.05, 0) is 38.9 Å². The second-order valence-corrected chi connectivity index (χ2v) is 4.33. The summed E-state index contributed by atoms with van der Waals surface area (Å²) in [5.74, 6) is 0. The maximum Gasteiger partial charge on any atom is 0.0163 e. The fraction of sp³-hybridized carbons (Fsp3) is 0.846. The lowest BCUT2D eigenvalue weighted by Crippen LogP contribution is -2.28. The highest BCUT2D eigenvalue weighted by atomic mass is 15.1. The van der Waals surface area contributed by atoms with Crippen LogP contribution < -0.4 is 5.32 Å². The van der Waals surface area contributed by atoms with Crippen molar-refractivity contribution >= 4 is 0 Å². The minimum atomic E-state index is 1.11. The topological polar surface area (TPSA) is 15.3 Å². The molecule has 88 valence electrons. The van der Waals surface area contributed by atoms with Gasteiger partial charge in [0.1, 0.15) is 0 Å². The van der Waals surface area contributed by atoms with Crippen LogP contribution in [0.25, 0.3) is 0 Å². The van der Waals surface area contributed by atoms with Gasteiger partial charge in [-0.25, -0.2) is 0 Å². The minimum absolute atomic E-state index is 1.11. The third kappa shape index (κ3) is 6.69. The van der Waals surface area contributed by atoms with E-state index in [1.54, 1.807) is 0 Å². The molecule has 0 amide bonds. The molecule has 0 bridgehead atoms. The summed E-state index contributed by atoms with van der Waals surface area (Å²) in [6.07, 6.45) is 11.3. The Morgan fingerprint density at radius 2 is 2.00 bits per heavy atom. The molecule has 0 aromatic rings. The first-order chi connectivity index (χ1) is 7.43. The van der Waals surface area contributed by atoms with Crippen LogP contribution in [0, 0.1) is 0 Å². The summed E-state index contributed by atoms with van der Waals surface area (Å²) in [7, 11) is 0. The zero-order valence-electron chi connectivity index (χ0n) is 10.2. The Labute approximate surface area is 94.7 Å². The van der Waals surface area contributed by atoms with Crippen LogP contribution in [0.4, 0.5) is 0 Å². The van der Waals surface area contributed by atoms with Crippen molar-refractivity contribution in [2.75, 3.05) is 32.7 Å². The van der Waals surface area contributed by atoms with Crippen molar-refractivity contribution in [3.05, 3.63) is 12.2 Å². The van der Waals surface area contributed by atoms with E-state index in [1.165, 1.54) is 58.3 Å². The first-order valence-electron chi connectivity index (χ1n) is 6.51. The predicted octanol–water partition coefficient (Wildman–Crippen LogP) is 2.42. The largest absolute Gasteiger partial charge is 0.317 e. The van der Waals surface area contributed by atoms with Crippen LogP contribution in [-0.2, 0) is 0 Å². The van der Waals surface area contributed by atoms with Gasteiger partial charge in [-0.2, -0.15) is 0 Å². The number of nitrogens with one attached hydrogen (secondary N) is 1. The van der Waals surface area contributed by atoms with Crippen molar-refractivity contribution in [3.8, 4) is 0 Å². The lowest BCUT2D eigenvalue weighted by Gasteiger charge is -2.22. The Bertz CT molecular complexity index is 166. The van der Waals surface area contributed by atoms with E-state index in [-0.39, 0.29) is 0 Å². The number of unbranched alkanes of at least 4 members (excludes halogenated alkanes) is 3.